The van der Waals surface area contributed by atoms with E-state index in [1.165, 1.54) is 77.0 Å². The van der Waals surface area contributed by atoms with Crippen LogP contribution in [0.1, 0.15) is 82.7 Å². The molecule has 28 heavy (non-hydrogen) atoms. The summed E-state index contributed by atoms with van der Waals surface area (Å²) < 4.78 is 0. The third kappa shape index (κ3) is 2.02. The average Bonchev–Trinajstić information content (AvgIpc) is 2.66. The summed E-state index contributed by atoms with van der Waals surface area (Å²) >= 11 is 0. The number of hydrogen-bond acceptors (Lipinski definition) is 2. The Hall–Kier alpha value is -0.890. The molecule has 0 aromatic carbocycles. The lowest BCUT2D eigenvalue weighted by molar-refractivity contribution is -0.279. The van der Waals surface area contributed by atoms with Gasteiger partial charge >= 0.3 is 0 Å². The summed E-state index contributed by atoms with van der Waals surface area (Å²) in [5, 5.41) is 13.2. The molecule has 1 aromatic heterocycles. The van der Waals surface area contributed by atoms with E-state index in [4.69, 9.17) is 4.98 Å². The van der Waals surface area contributed by atoms with Crippen molar-refractivity contribution in [1.29, 1.82) is 0 Å². The molecule has 0 aliphatic heterocycles. The van der Waals surface area contributed by atoms with E-state index in [2.05, 4.69) is 12.1 Å². The van der Waals surface area contributed by atoms with Crippen molar-refractivity contribution in [3.8, 4) is 0 Å². The van der Waals surface area contributed by atoms with Gasteiger partial charge in [-0.3, -0.25) is 4.98 Å². The Morgan fingerprint density at radius 1 is 0.679 bits per heavy atom. The normalized spacial score (nSPS) is 52.8. The van der Waals surface area contributed by atoms with Gasteiger partial charge in [0.15, 0.2) is 0 Å². The Bertz CT molecular complexity index is 668. The maximum absolute atomic E-state index is 13.2. The van der Waals surface area contributed by atoms with Crippen molar-refractivity contribution >= 4 is 0 Å². The summed E-state index contributed by atoms with van der Waals surface area (Å²) in [5.41, 5.74) is 0.538. The van der Waals surface area contributed by atoms with E-state index in [-0.39, 0.29) is 10.8 Å². The maximum Gasteiger partial charge on any atom is 0.118 e. The van der Waals surface area contributed by atoms with Gasteiger partial charge in [-0.1, -0.05) is 6.07 Å². The molecule has 1 heterocycles. The Balaban J connectivity index is 1.42. The first-order valence-corrected chi connectivity index (χ1v) is 12.2. The summed E-state index contributed by atoms with van der Waals surface area (Å²) in [4.78, 5) is 4.92. The van der Waals surface area contributed by atoms with E-state index >= 15 is 0 Å². The van der Waals surface area contributed by atoms with Gasteiger partial charge in [-0.25, -0.2) is 0 Å². The van der Waals surface area contributed by atoms with Gasteiger partial charge in [-0.15, -0.1) is 0 Å². The maximum atomic E-state index is 13.2. The summed E-state index contributed by atoms with van der Waals surface area (Å²) in [6.45, 7) is 0. The quantitative estimate of drug-likeness (QED) is 0.733. The van der Waals surface area contributed by atoms with Gasteiger partial charge < -0.3 is 5.11 Å². The molecule has 0 unspecified atom stereocenters. The second-order valence-electron chi connectivity index (χ2n) is 12.3. The highest BCUT2D eigenvalue weighted by Gasteiger charge is 2.70. The molecule has 0 amide bonds. The summed E-state index contributed by atoms with van der Waals surface area (Å²) in [5.74, 6) is 5.22. The molecular weight excluding hydrogens is 342 g/mol. The zero-order valence-corrected chi connectivity index (χ0v) is 17.2. The number of nitrogens with zero attached hydrogens (tertiary/aromatic N) is 1. The van der Waals surface area contributed by atoms with Crippen LogP contribution in [0.3, 0.4) is 0 Å². The fraction of sp³-hybridized carbons (Fsp3) is 0.808. The Kier molecular flexibility index (Phi) is 3.26. The van der Waals surface area contributed by atoms with E-state index in [0.29, 0.717) is 0 Å². The zero-order chi connectivity index (χ0) is 18.6. The van der Waals surface area contributed by atoms with Gasteiger partial charge in [-0.05, 0) is 125 Å². The van der Waals surface area contributed by atoms with Crippen LogP contribution in [-0.2, 0) is 5.60 Å². The third-order valence-electron chi connectivity index (χ3n) is 10.6. The Morgan fingerprint density at radius 2 is 1.07 bits per heavy atom. The van der Waals surface area contributed by atoms with Crippen LogP contribution in [0.5, 0.6) is 0 Å². The van der Waals surface area contributed by atoms with Crippen LogP contribution in [0, 0.1) is 46.3 Å². The number of aliphatic hydroxyl groups is 1. The molecule has 0 spiro atoms. The van der Waals surface area contributed by atoms with Gasteiger partial charge in [0.2, 0.25) is 0 Å². The van der Waals surface area contributed by atoms with Crippen molar-refractivity contribution in [3.63, 3.8) is 0 Å². The molecule has 0 radical (unpaired) electrons. The zero-order valence-electron chi connectivity index (χ0n) is 17.2. The molecule has 150 valence electrons. The lowest BCUT2D eigenvalue weighted by atomic mass is 9.36. The predicted octanol–water partition coefficient (Wildman–Crippen LogP) is 5.70. The summed E-state index contributed by atoms with van der Waals surface area (Å²) in [7, 11) is 0. The molecule has 2 heteroatoms. The van der Waals surface area contributed by atoms with Crippen LogP contribution in [0.25, 0.3) is 0 Å². The van der Waals surface area contributed by atoms with Gasteiger partial charge in [0.25, 0.3) is 0 Å². The standard InChI is InChI=1S/C26H35NO/c28-26(23-3-1-2-4-27-23,24-11-17-5-18(12-24)7-19(6-17)13-24)25-14-20-8-21(15-25)10-22(9-20)16-25/h1-4,17-22,28H,5-16H2. The van der Waals surface area contributed by atoms with Crippen molar-refractivity contribution in [2.45, 2.75) is 82.7 Å². The molecule has 8 fully saturated rings. The summed E-state index contributed by atoms with van der Waals surface area (Å²) in [6.07, 6.45) is 18.2. The summed E-state index contributed by atoms with van der Waals surface area (Å²) in [6, 6.07) is 6.36. The van der Waals surface area contributed by atoms with Crippen LogP contribution >= 0.6 is 0 Å². The molecule has 0 atom stereocenters. The number of hydrogen-bond donors (Lipinski definition) is 1. The van der Waals surface area contributed by atoms with Gasteiger partial charge in [0, 0.05) is 17.0 Å². The Morgan fingerprint density at radius 3 is 1.39 bits per heavy atom. The van der Waals surface area contributed by atoms with E-state index in [0.717, 1.165) is 41.2 Å². The van der Waals surface area contributed by atoms with Crippen molar-refractivity contribution in [3.05, 3.63) is 30.1 Å². The number of pyridine rings is 1. The number of aromatic nitrogens is 1. The van der Waals surface area contributed by atoms with E-state index in [1.807, 2.05) is 12.3 Å². The van der Waals surface area contributed by atoms with E-state index in [9.17, 15) is 5.11 Å². The van der Waals surface area contributed by atoms with Gasteiger partial charge in [-0.2, -0.15) is 0 Å². The molecule has 8 saturated carbocycles. The van der Waals surface area contributed by atoms with Crippen LogP contribution in [0.2, 0.25) is 0 Å². The van der Waals surface area contributed by atoms with Crippen LogP contribution in [0.15, 0.2) is 24.4 Å². The first-order valence-electron chi connectivity index (χ1n) is 12.2. The van der Waals surface area contributed by atoms with Crippen LogP contribution < -0.4 is 0 Å². The van der Waals surface area contributed by atoms with E-state index < -0.39 is 5.60 Å². The second-order valence-corrected chi connectivity index (χ2v) is 12.3. The Labute approximate surface area is 169 Å². The average molecular weight is 378 g/mol. The molecule has 0 saturated heterocycles. The van der Waals surface area contributed by atoms with Crippen LogP contribution in [-0.4, -0.2) is 10.1 Å². The SMILES string of the molecule is OC(c1ccccn1)(C12CC3CC(CC(C3)C1)C2)C12CC3CC(CC(C3)C1)C2. The van der Waals surface area contributed by atoms with Crippen molar-refractivity contribution in [1.82, 2.24) is 4.98 Å². The minimum Gasteiger partial charge on any atom is -0.382 e. The highest BCUT2D eigenvalue weighted by molar-refractivity contribution is 5.28. The highest BCUT2D eigenvalue weighted by atomic mass is 16.3. The fourth-order valence-corrected chi connectivity index (χ4v) is 10.8. The smallest absolute Gasteiger partial charge is 0.118 e. The van der Waals surface area contributed by atoms with Crippen LogP contribution in [0.4, 0.5) is 0 Å². The number of rotatable bonds is 3. The highest BCUT2D eigenvalue weighted by Crippen LogP contribution is 2.75. The van der Waals surface area contributed by atoms with Crippen molar-refractivity contribution in [2.75, 3.05) is 0 Å². The first-order chi connectivity index (χ1) is 13.6. The topological polar surface area (TPSA) is 33.1 Å². The molecule has 9 rings (SSSR count). The molecular formula is C26H35NO. The molecule has 1 N–H and O–H groups in total. The van der Waals surface area contributed by atoms with Gasteiger partial charge in [0.05, 0.1) is 5.69 Å². The molecule has 2 nitrogen and oxygen atoms in total. The predicted molar refractivity (Wildman–Crippen MR) is 109 cm³/mol. The molecule has 8 aliphatic rings. The molecule has 1 aromatic rings. The lowest BCUT2D eigenvalue weighted by Gasteiger charge is -2.70. The minimum absolute atomic E-state index is 0.0990. The monoisotopic (exact) mass is 377 g/mol. The first kappa shape index (κ1) is 16.9. The molecule has 8 aliphatic carbocycles. The lowest BCUT2D eigenvalue weighted by Crippen LogP contribution is -2.67. The minimum atomic E-state index is -0.701. The fourth-order valence-electron chi connectivity index (χ4n) is 10.8. The third-order valence-corrected chi connectivity index (χ3v) is 10.6. The second kappa shape index (κ2) is 5.42. The van der Waals surface area contributed by atoms with Crippen molar-refractivity contribution < 1.29 is 5.11 Å². The van der Waals surface area contributed by atoms with Gasteiger partial charge in [0.1, 0.15) is 5.60 Å². The largest absolute Gasteiger partial charge is 0.382 e. The molecule has 8 bridgehead atoms. The van der Waals surface area contributed by atoms with E-state index in [1.54, 1.807) is 0 Å². The van der Waals surface area contributed by atoms with Crippen molar-refractivity contribution in [2.24, 2.45) is 46.3 Å².